The molecule has 4 rings (SSSR count). The molecule has 7 nitrogen and oxygen atoms in total. The number of ketones is 1. The summed E-state index contributed by atoms with van der Waals surface area (Å²) >= 11 is 6.22. The molecule has 2 aromatic carbocycles. The molecule has 0 amide bonds. The van der Waals surface area contributed by atoms with E-state index in [1.807, 2.05) is 25.1 Å². The fourth-order valence-corrected chi connectivity index (χ4v) is 3.60. The van der Waals surface area contributed by atoms with E-state index in [0.29, 0.717) is 34.5 Å². The van der Waals surface area contributed by atoms with Gasteiger partial charge < -0.3 is 19.3 Å². The molecule has 0 fully saturated rings. The van der Waals surface area contributed by atoms with E-state index in [9.17, 15) is 9.90 Å². The van der Waals surface area contributed by atoms with Gasteiger partial charge in [-0.2, -0.15) is 0 Å². The molecule has 8 heteroatoms. The van der Waals surface area contributed by atoms with Crippen LogP contribution in [0, 0.1) is 0 Å². The largest absolute Gasteiger partial charge is 0.503 e. The minimum Gasteiger partial charge on any atom is -0.503 e. The van der Waals surface area contributed by atoms with E-state index in [-0.39, 0.29) is 29.4 Å². The monoisotopic (exact) mass is 478 g/mol. The fraction of sp³-hybridized carbons (Fsp3) is 0.192. The smallest absolute Gasteiger partial charge is 0.223 e. The maximum atomic E-state index is 12.8. The normalized spacial score (nSPS) is 10.8. The van der Waals surface area contributed by atoms with E-state index >= 15 is 0 Å². The van der Waals surface area contributed by atoms with E-state index < -0.39 is 0 Å². The van der Waals surface area contributed by atoms with Crippen LogP contribution in [0.3, 0.4) is 0 Å². The molecule has 4 aromatic rings. The second-order valence-electron chi connectivity index (χ2n) is 7.50. The Morgan fingerprint density at radius 1 is 1.06 bits per heavy atom. The number of hydrogen-bond acceptors (Lipinski definition) is 7. The van der Waals surface area contributed by atoms with Crippen molar-refractivity contribution in [1.82, 2.24) is 9.97 Å². The highest BCUT2D eigenvalue weighted by Crippen LogP contribution is 2.34. The number of para-hydroxylation sites is 1. The number of aromatic hydroxyl groups is 1. The molecule has 1 N–H and O–H groups in total. The van der Waals surface area contributed by atoms with Crippen molar-refractivity contribution in [3.63, 3.8) is 0 Å². The molecular weight excluding hydrogens is 456 g/mol. The predicted octanol–water partition coefficient (Wildman–Crippen LogP) is 6.00. The SMILES string of the molecule is CCCOc1cc(Oc2ccccc2Cl)nc2ccc(CC(=O)c3nccc(OC)c3O)cc12. The van der Waals surface area contributed by atoms with Crippen LogP contribution in [-0.4, -0.2) is 34.6 Å². The number of carbonyl (C=O) groups is 1. The summed E-state index contributed by atoms with van der Waals surface area (Å²) in [5, 5.41) is 11.5. The summed E-state index contributed by atoms with van der Waals surface area (Å²) in [4.78, 5) is 21.4. The van der Waals surface area contributed by atoms with Crippen molar-refractivity contribution in [2.24, 2.45) is 0 Å². The molecule has 34 heavy (non-hydrogen) atoms. The Hall–Kier alpha value is -3.84. The highest BCUT2D eigenvalue weighted by atomic mass is 35.5. The Kier molecular flexibility index (Phi) is 7.13. The van der Waals surface area contributed by atoms with Gasteiger partial charge in [-0.15, -0.1) is 0 Å². The van der Waals surface area contributed by atoms with Crippen molar-refractivity contribution >= 4 is 28.3 Å². The first-order valence-corrected chi connectivity index (χ1v) is 11.1. The first kappa shape index (κ1) is 23.3. The topological polar surface area (TPSA) is 90.8 Å². The number of hydrogen-bond donors (Lipinski definition) is 1. The van der Waals surface area contributed by atoms with Gasteiger partial charge in [0, 0.05) is 30.1 Å². The Morgan fingerprint density at radius 2 is 1.88 bits per heavy atom. The molecule has 0 aliphatic rings. The lowest BCUT2D eigenvalue weighted by molar-refractivity contribution is 0.0984. The number of methoxy groups -OCH3 is 1. The van der Waals surface area contributed by atoms with Crippen LogP contribution in [0.4, 0.5) is 0 Å². The summed E-state index contributed by atoms with van der Waals surface area (Å²) in [5.41, 5.74) is 1.34. The van der Waals surface area contributed by atoms with Crippen LogP contribution >= 0.6 is 11.6 Å². The zero-order valence-electron chi connectivity index (χ0n) is 18.7. The lowest BCUT2D eigenvalue weighted by atomic mass is 10.0. The number of fused-ring (bicyclic) bond motifs is 1. The Balaban J connectivity index is 1.67. The molecule has 0 aliphatic carbocycles. The zero-order valence-corrected chi connectivity index (χ0v) is 19.5. The van der Waals surface area contributed by atoms with Crippen LogP contribution in [-0.2, 0) is 6.42 Å². The number of rotatable bonds is 9. The number of benzene rings is 2. The second kappa shape index (κ2) is 10.4. The van der Waals surface area contributed by atoms with Crippen LogP contribution < -0.4 is 14.2 Å². The Bertz CT molecular complexity index is 1340. The standard InChI is InChI=1S/C26H23ClN2O5/c1-3-12-33-23-15-24(34-21-7-5-4-6-18(21)27)29-19-9-8-16(13-17(19)23)14-20(30)25-26(31)22(32-2)10-11-28-25/h4-11,13,15,31H,3,12,14H2,1-2H3. The van der Waals surface area contributed by atoms with Crippen molar-refractivity contribution in [2.45, 2.75) is 19.8 Å². The molecular formula is C26H23ClN2O5. The zero-order chi connectivity index (χ0) is 24.1. The summed E-state index contributed by atoms with van der Waals surface area (Å²) in [6.45, 7) is 2.53. The maximum absolute atomic E-state index is 12.8. The van der Waals surface area contributed by atoms with E-state index in [1.54, 1.807) is 30.3 Å². The van der Waals surface area contributed by atoms with Crippen LogP contribution in [0.25, 0.3) is 10.9 Å². The van der Waals surface area contributed by atoms with Gasteiger partial charge in [0.15, 0.2) is 23.0 Å². The molecule has 0 atom stereocenters. The molecule has 0 radical (unpaired) electrons. The van der Waals surface area contributed by atoms with Crippen molar-refractivity contribution < 1.29 is 24.1 Å². The quantitative estimate of drug-likeness (QED) is 0.295. The van der Waals surface area contributed by atoms with Gasteiger partial charge in [-0.1, -0.05) is 36.7 Å². The van der Waals surface area contributed by atoms with E-state index in [4.69, 9.17) is 25.8 Å². The maximum Gasteiger partial charge on any atom is 0.223 e. The summed E-state index contributed by atoms with van der Waals surface area (Å²) in [6, 6.07) is 15.8. The highest BCUT2D eigenvalue weighted by Gasteiger charge is 2.18. The number of halogens is 1. The number of aromatic nitrogens is 2. The lowest BCUT2D eigenvalue weighted by Gasteiger charge is -2.13. The van der Waals surface area contributed by atoms with Crippen molar-refractivity contribution in [3.8, 4) is 28.9 Å². The van der Waals surface area contributed by atoms with E-state index in [2.05, 4.69) is 9.97 Å². The van der Waals surface area contributed by atoms with Gasteiger partial charge in [-0.05, 0) is 36.2 Å². The first-order chi connectivity index (χ1) is 16.5. The van der Waals surface area contributed by atoms with Crippen LogP contribution in [0.1, 0.15) is 29.4 Å². The number of carbonyl (C=O) groups excluding carboxylic acids is 1. The van der Waals surface area contributed by atoms with Crippen molar-refractivity contribution in [1.29, 1.82) is 0 Å². The molecule has 0 saturated heterocycles. The van der Waals surface area contributed by atoms with Gasteiger partial charge in [0.2, 0.25) is 5.88 Å². The minimum atomic E-state index is -0.335. The van der Waals surface area contributed by atoms with E-state index in [0.717, 1.165) is 17.4 Å². The van der Waals surface area contributed by atoms with Crippen molar-refractivity contribution in [2.75, 3.05) is 13.7 Å². The van der Waals surface area contributed by atoms with Crippen LogP contribution in [0.5, 0.6) is 28.9 Å². The lowest BCUT2D eigenvalue weighted by Crippen LogP contribution is -2.07. The number of nitrogens with zero attached hydrogens (tertiary/aromatic N) is 2. The van der Waals surface area contributed by atoms with E-state index in [1.165, 1.54) is 19.4 Å². The molecule has 174 valence electrons. The average molecular weight is 479 g/mol. The molecule has 0 spiro atoms. The van der Waals surface area contributed by atoms with Gasteiger partial charge in [-0.25, -0.2) is 9.97 Å². The molecule has 0 bridgehead atoms. The predicted molar refractivity (Wildman–Crippen MR) is 130 cm³/mol. The van der Waals surface area contributed by atoms with Crippen molar-refractivity contribution in [3.05, 3.63) is 77.1 Å². The Labute approximate surface area is 201 Å². The summed E-state index contributed by atoms with van der Waals surface area (Å²) in [7, 11) is 1.42. The van der Waals surface area contributed by atoms with Gasteiger partial charge in [-0.3, -0.25) is 4.79 Å². The first-order valence-electron chi connectivity index (χ1n) is 10.7. The number of ether oxygens (including phenoxy) is 3. The average Bonchev–Trinajstić information content (AvgIpc) is 2.84. The molecule has 2 heterocycles. The van der Waals surface area contributed by atoms with Gasteiger partial charge in [0.25, 0.3) is 0 Å². The highest BCUT2D eigenvalue weighted by molar-refractivity contribution is 6.32. The summed E-state index contributed by atoms with van der Waals surface area (Å²) in [6.07, 6.45) is 2.28. The van der Waals surface area contributed by atoms with Gasteiger partial charge >= 0.3 is 0 Å². The third-order valence-electron chi connectivity index (χ3n) is 5.06. The second-order valence-corrected chi connectivity index (χ2v) is 7.91. The number of pyridine rings is 2. The minimum absolute atomic E-state index is 0.0365. The van der Waals surface area contributed by atoms with Crippen LogP contribution in [0.2, 0.25) is 5.02 Å². The van der Waals surface area contributed by atoms with Gasteiger partial charge in [0.1, 0.15) is 11.5 Å². The Morgan fingerprint density at radius 3 is 2.65 bits per heavy atom. The molecule has 0 unspecified atom stereocenters. The third-order valence-corrected chi connectivity index (χ3v) is 5.37. The fourth-order valence-electron chi connectivity index (χ4n) is 3.43. The van der Waals surface area contributed by atoms with Crippen LogP contribution in [0.15, 0.2) is 60.8 Å². The third kappa shape index (κ3) is 5.05. The van der Waals surface area contributed by atoms with Gasteiger partial charge in [0.05, 0.1) is 24.3 Å². The molecule has 0 saturated carbocycles. The summed E-state index contributed by atoms with van der Waals surface area (Å²) < 4.78 is 16.9. The number of Topliss-reactive ketones (excluding diaryl/α,β-unsaturated/α-hetero) is 1. The molecule has 2 aromatic heterocycles. The summed E-state index contributed by atoms with van der Waals surface area (Å²) in [5.74, 6) is 1.02. The molecule has 0 aliphatic heterocycles.